The molecule has 1 aromatic heterocycles. The topological polar surface area (TPSA) is 70.4 Å². The zero-order valence-corrected chi connectivity index (χ0v) is 20.2. The number of nitrogens with zero attached hydrogens (tertiary/aromatic N) is 2. The van der Waals surface area contributed by atoms with Gasteiger partial charge in [0, 0.05) is 51.9 Å². The zero-order valence-electron chi connectivity index (χ0n) is 20.2. The van der Waals surface area contributed by atoms with Gasteiger partial charge in [-0.3, -0.25) is 4.79 Å². The number of hydrogen-bond donors (Lipinski definition) is 0. The number of benzene rings is 1. The molecule has 0 saturated heterocycles. The maximum atomic E-state index is 12.6. The van der Waals surface area contributed by atoms with Gasteiger partial charge in [0.25, 0.3) is 0 Å². The first-order valence-electron chi connectivity index (χ1n) is 11.5. The number of carbonyl (C=O) groups is 2. The molecule has 1 heterocycles. The summed E-state index contributed by atoms with van der Waals surface area (Å²) < 4.78 is 13.3. The lowest BCUT2D eigenvalue weighted by Gasteiger charge is -2.26. The third-order valence-electron chi connectivity index (χ3n) is 5.88. The molecule has 1 aromatic carbocycles. The molecule has 6 heteroatoms. The third kappa shape index (κ3) is 6.91. The fraction of sp³-hybridized carbons (Fsp3) is 0.444. The van der Waals surface area contributed by atoms with Gasteiger partial charge in [0.15, 0.2) is 0 Å². The first-order valence-corrected chi connectivity index (χ1v) is 11.5. The van der Waals surface area contributed by atoms with E-state index in [0.717, 1.165) is 5.56 Å². The van der Waals surface area contributed by atoms with E-state index in [9.17, 15) is 9.59 Å². The lowest BCUT2D eigenvalue weighted by atomic mass is 9.84. The Bertz CT molecular complexity index is 1050. The number of rotatable bonds is 5. The molecular formula is C27H34N2O4. The number of carbonyl (C=O) groups excluding carboxylic acids is 2. The van der Waals surface area contributed by atoms with Crippen LogP contribution in [-0.2, 0) is 39.0 Å². The first kappa shape index (κ1) is 24.5. The van der Waals surface area contributed by atoms with E-state index >= 15 is 0 Å². The van der Waals surface area contributed by atoms with Crippen molar-refractivity contribution in [2.24, 2.45) is 7.05 Å². The molecule has 0 aliphatic heterocycles. The zero-order chi connectivity index (χ0) is 24.0. The molecule has 176 valence electrons. The first-order chi connectivity index (χ1) is 15.7. The van der Waals surface area contributed by atoms with Crippen molar-refractivity contribution >= 4 is 18.0 Å². The Morgan fingerprint density at radius 1 is 1.09 bits per heavy atom. The summed E-state index contributed by atoms with van der Waals surface area (Å²) in [6.45, 7) is 7.89. The fourth-order valence-electron chi connectivity index (χ4n) is 4.30. The van der Waals surface area contributed by atoms with Crippen LogP contribution < -0.4 is 0 Å². The van der Waals surface area contributed by atoms with Crippen molar-refractivity contribution in [3.05, 3.63) is 70.8 Å². The molecule has 2 aromatic rings. The Balaban J connectivity index is 1.88. The predicted octanol–water partition coefficient (Wildman–Crippen LogP) is 4.84. The molecule has 0 fully saturated rings. The maximum absolute atomic E-state index is 12.6. The van der Waals surface area contributed by atoms with Gasteiger partial charge in [-0.1, -0.05) is 38.1 Å². The molecule has 0 spiro atoms. The summed E-state index contributed by atoms with van der Waals surface area (Å²) in [5, 5.41) is 0. The minimum atomic E-state index is -0.381. The second kappa shape index (κ2) is 11.1. The number of aromatic nitrogens is 2. The van der Waals surface area contributed by atoms with Crippen LogP contribution in [0, 0.1) is 6.92 Å². The minimum Gasteiger partial charge on any atom is -0.462 e. The van der Waals surface area contributed by atoms with Crippen molar-refractivity contribution in [2.45, 2.75) is 71.5 Å². The Morgan fingerprint density at radius 3 is 2.36 bits per heavy atom. The van der Waals surface area contributed by atoms with Gasteiger partial charge in [0.05, 0.1) is 12.0 Å². The minimum absolute atomic E-state index is 0.211. The number of aryl methyl sites for hydroxylation is 2. The van der Waals surface area contributed by atoms with Crippen molar-refractivity contribution in [3.8, 4) is 0 Å². The highest BCUT2D eigenvalue weighted by Gasteiger charge is 2.24. The molecule has 33 heavy (non-hydrogen) atoms. The molecule has 2 unspecified atom stereocenters. The Morgan fingerprint density at radius 2 is 1.76 bits per heavy atom. The van der Waals surface area contributed by atoms with E-state index in [1.54, 1.807) is 12.4 Å². The fourth-order valence-corrected chi connectivity index (χ4v) is 4.30. The number of fused-ring (bicyclic) bond motifs is 1. The van der Waals surface area contributed by atoms with Crippen molar-refractivity contribution in [1.82, 2.24) is 9.55 Å². The normalized spacial score (nSPS) is 18.8. The summed E-state index contributed by atoms with van der Waals surface area (Å²) in [6, 6.07) is 4.30. The quantitative estimate of drug-likeness (QED) is 0.370. The number of esters is 2. The van der Waals surface area contributed by atoms with E-state index in [4.69, 9.17) is 9.47 Å². The summed E-state index contributed by atoms with van der Waals surface area (Å²) in [7, 11) is 1.88. The van der Waals surface area contributed by atoms with Crippen LogP contribution in [0.5, 0.6) is 0 Å². The van der Waals surface area contributed by atoms with E-state index in [1.165, 1.54) is 29.7 Å². The molecule has 6 nitrogen and oxygen atoms in total. The van der Waals surface area contributed by atoms with Crippen molar-refractivity contribution in [3.63, 3.8) is 0 Å². The van der Waals surface area contributed by atoms with Crippen LogP contribution in [-0.4, -0.2) is 33.7 Å². The summed E-state index contributed by atoms with van der Waals surface area (Å²) in [6.07, 6.45) is 12.6. The molecule has 3 rings (SSSR count). The summed E-state index contributed by atoms with van der Waals surface area (Å²) in [5.41, 5.74) is 5.50. The van der Waals surface area contributed by atoms with Crippen LogP contribution in [0.15, 0.2) is 42.9 Å². The summed E-state index contributed by atoms with van der Waals surface area (Å²) in [5.74, 6) is -0.316. The molecule has 0 radical (unpaired) electrons. The molecule has 0 saturated carbocycles. The molecule has 2 atom stereocenters. The molecule has 1 aliphatic rings. The van der Waals surface area contributed by atoms with Crippen LogP contribution in [0.2, 0.25) is 0 Å². The van der Waals surface area contributed by atoms with Gasteiger partial charge < -0.3 is 14.0 Å². The lowest BCUT2D eigenvalue weighted by Crippen LogP contribution is -2.25. The van der Waals surface area contributed by atoms with E-state index in [-0.39, 0.29) is 24.1 Å². The van der Waals surface area contributed by atoms with E-state index in [1.807, 2.05) is 30.0 Å². The van der Waals surface area contributed by atoms with Crippen LogP contribution >= 0.6 is 0 Å². The maximum Gasteiger partial charge on any atom is 0.331 e. The van der Waals surface area contributed by atoms with Crippen LogP contribution in [0.4, 0.5) is 0 Å². The van der Waals surface area contributed by atoms with Crippen LogP contribution in [0.1, 0.15) is 67.5 Å². The van der Waals surface area contributed by atoms with Crippen molar-refractivity contribution in [2.75, 3.05) is 0 Å². The van der Waals surface area contributed by atoms with Gasteiger partial charge in [-0.05, 0) is 41.2 Å². The predicted molar refractivity (Wildman–Crippen MR) is 129 cm³/mol. The molecule has 0 bridgehead atoms. The van der Waals surface area contributed by atoms with Crippen LogP contribution in [0.3, 0.4) is 0 Å². The molecule has 0 N–H and O–H groups in total. The van der Waals surface area contributed by atoms with Gasteiger partial charge in [-0.15, -0.1) is 0 Å². The van der Waals surface area contributed by atoms with Crippen LogP contribution in [0.25, 0.3) is 6.08 Å². The largest absolute Gasteiger partial charge is 0.462 e. The third-order valence-corrected chi connectivity index (χ3v) is 5.88. The summed E-state index contributed by atoms with van der Waals surface area (Å²) in [4.78, 5) is 28.4. The monoisotopic (exact) mass is 450 g/mol. The van der Waals surface area contributed by atoms with Crippen molar-refractivity contribution in [1.29, 1.82) is 0 Å². The SMILES string of the molecule is CC(=O)OC1CC=CCC(OC(=O)C=Cc2cn(C)cn2)Cc2c(C)ccc(C(C)C)c2C1. The molecule has 0 amide bonds. The van der Waals surface area contributed by atoms with Gasteiger partial charge in [0.1, 0.15) is 12.2 Å². The summed E-state index contributed by atoms with van der Waals surface area (Å²) >= 11 is 0. The van der Waals surface area contributed by atoms with Crippen molar-refractivity contribution < 1.29 is 19.1 Å². The number of imidazole rings is 1. The number of hydrogen-bond acceptors (Lipinski definition) is 5. The Labute approximate surface area is 196 Å². The standard InChI is InChI=1S/C27H34N2O4/c1-18(2)24-12-10-19(3)25-14-23(33-27(31)13-11-21-16-29(5)17-28-21)9-7-6-8-22(15-26(24)25)32-20(4)30/h6-7,10-13,16-18,22-23H,8-9,14-15H2,1-5H3. The Hall–Kier alpha value is -3.15. The smallest absolute Gasteiger partial charge is 0.331 e. The van der Waals surface area contributed by atoms with Gasteiger partial charge in [0.2, 0.25) is 0 Å². The second-order valence-electron chi connectivity index (χ2n) is 9.02. The average Bonchev–Trinajstić information content (AvgIpc) is 3.16. The van der Waals surface area contributed by atoms with E-state index in [0.29, 0.717) is 37.3 Å². The second-order valence-corrected chi connectivity index (χ2v) is 9.02. The highest BCUT2D eigenvalue weighted by Crippen LogP contribution is 2.30. The lowest BCUT2D eigenvalue weighted by molar-refractivity contribution is -0.146. The van der Waals surface area contributed by atoms with Gasteiger partial charge in [-0.25, -0.2) is 9.78 Å². The molecule has 1 aliphatic carbocycles. The highest BCUT2D eigenvalue weighted by atomic mass is 16.5. The van der Waals surface area contributed by atoms with E-state index in [2.05, 4.69) is 37.9 Å². The average molecular weight is 451 g/mol. The number of ether oxygens (including phenoxy) is 2. The van der Waals surface area contributed by atoms with E-state index < -0.39 is 0 Å². The Kier molecular flexibility index (Phi) is 8.26. The van der Waals surface area contributed by atoms with Gasteiger partial charge >= 0.3 is 11.9 Å². The molecular weight excluding hydrogens is 416 g/mol. The van der Waals surface area contributed by atoms with Gasteiger partial charge in [-0.2, -0.15) is 0 Å². The highest BCUT2D eigenvalue weighted by molar-refractivity contribution is 5.86.